The van der Waals surface area contributed by atoms with Crippen LogP contribution in [-0.4, -0.2) is 69.4 Å². The van der Waals surface area contributed by atoms with Gasteiger partial charge in [-0.15, -0.1) is 0 Å². The molecule has 5 heterocycles. The van der Waals surface area contributed by atoms with Gasteiger partial charge in [-0.3, -0.25) is 18.9 Å². The van der Waals surface area contributed by atoms with Crippen molar-refractivity contribution in [3.05, 3.63) is 68.5 Å². The van der Waals surface area contributed by atoms with Gasteiger partial charge in [0.15, 0.2) is 11.5 Å². The molecular formula is C26H25N5O4S2. The molecule has 11 heteroatoms. The Morgan fingerprint density at radius 1 is 1.08 bits per heavy atom. The molecule has 2 aromatic heterocycles. The van der Waals surface area contributed by atoms with Crippen LogP contribution in [0.5, 0.6) is 11.5 Å². The predicted octanol–water partition coefficient (Wildman–Crippen LogP) is 2.88. The van der Waals surface area contributed by atoms with Gasteiger partial charge >= 0.3 is 0 Å². The van der Waals surface area contributed by atoms with Crippen LogP contribution in [0.1, 0.15) is 16.7 Å². The molecule has 0 aliphatic carbocycles. The van der Waals surface area contributed by atoms with Crippen LogP contribution >= 0.6 is 24.0 Å². The van der Waals surface area contributed by atoms with Crippen LogP contribution in [0, 0.1) is 6.92 Å². The zero-order valence-corrected chi connectivity index (χ0v) is 22.1. The summed E-state index contributed by atoms with van der Waals surface area (Å²) in [5.41, 5.74) is 2.60. The van der Waals surface area contributed by atoms with Gasteiger partial charge < -0.3 is 19.3 Å². The lowest BCUT2D eigenvalue weighted by Crippen LogP contribution is -2.45. The highest BCUT2D eigenvalue weighted by Gasteiger charge is 2.33. The van der Waals surface area contributed by atoms with Crippen LogP contribution in [0.15, 0.2) is 46.2 Å². The third-order valence-corrected chi connectivity index (χ3v) is 8.09. The summed E-state index contributed by atoms with van der Waals surface area (Å²) in [6, 6.07) is 9.37. The number of hydrogen-bond donors (Lipinski definition) is 0. The van der Waals surface area contributed by atoms with E-state index in [0.29, 0.717) is 44.3 Å². The lowest BCUT2D eigenvalue weighted by molar-refractivity contribution is -0.122. The van der Waals surface area contributed by atoms with E-state index in [-0.39, 0.29) is 18.3 Å². The molecule has 0 spiro atoms. The van der Waals surface area contributed by atoms with Crippen molar-refractivity contribution in [2.24, 2.45) is 0 Å². The fraction of sp³-hybridized carbons (Fsp3) is 0.308. The van der Waals surface area contributed by atoms with Gasteiger partial charge in [-0.2, -0.15) is 0 Å². The lowest BCUT2D eigenvalue weighted by Gasteiger charge is -2.34. The molecule has 1 aromatic carbocycles. The highest BCUT2D eigenvalue weighted by molar-refractivity contribution is 8.26. The fourth-order valence-electron chi connectivity index (χ4n) is 4.62. The van der Waals surface area contributed by atoms with Crippen LogP contribution in [-0.2, 0) is 11.3 Å². The third-order valence-electron chi connectivity index (χ3n) is 6.71. The van der Waals surface area contributed by atoms with E-state index in [9.17, 15) is 9.59 Å². The van der Waals surface area contributed by atoms with Crippen LogP contribution in [0.2, 0.25) is 0 Å². The van der Waals surface area contributed by atoms with Crippen molar-refractivity contribution in [2.45, 2.75) is 13.5 Å². The Balaban J connectivity index is 1.37. The largest absolute Gasteiger partial charge is 0.454 e. The number of amides is 1. The SMILES string of the molecule is Cc1ccc2nc(N3CCN(C)CC3)c(/C=C3\SC(=S)N(Cc4ccc5c(c4)OCO5)C3=O)c(=O)n2c1. The predicted molar refractivity (Wildman–Crippen MR) is 147 cm³/mol. The van der Waals surface area contributed by atoms with E-state index in [1.807, 2.05) is 37.3 Å². The molecular weight excluding hydrogens is 510 g/mol. The van der Waals surface area contributed by atoms with Gasteiger partial charge in [-0.25, -0.2) is 4.98 Å². The van der Waals surface area contributed by atoms with E-state index in [1.54, 1.807) is 21.6 Å². The zero-order chi connectivity index (χ0) is 25.7. The highest BCUT2D eigenvalue weighted by atomic mass is 32.2. The first-order chi connectivity index (χ1) is 17.9. The maximum atomic E-state index is 13.7. The van der Waals surface area contributed by atoms with Crippen molar-refractivity contribution in [1.29, 1.82) is 0 Å². The van der Waals surface area contributed by atoms with Gasteiger partial charge in [0, 0.05) is 32.4 Å². The molecule has 3 aliphatic heterocycles. The number of carbonyl (C=O) groups is 1. The molecule has 0 N–H and O–H groups in total. The number of aromatic nitrogens is 2. The Morgan fingerprint density at radius 2 is 1.86 bits per heavy atom. The summed E-state index contributed by atoms with van der Waals surface area (Å²) in [5.74, 6) is 1.71. The number of thiocarbonyl (C=S) groups is 1. The van der Waals surface area contributed by atoms with E-state index >= 15 is 0 Å². The van der Waals surface area contributed by atoms with Crippen molar-refractivity contribution < 1.29 is 14.3 Å². The average Bonchev–Trinajstić information content (AvgIpc) is 3.46. The molecule has 9 nitrogen and oxygen atoms in total. The average molecular weight is 536 g/mol. The Morgan fingerprint density at radius 3 is 2.68 bits per heavy atom. The molecule has 0 bridgehead atoms. The fourth-order valence-corrected chi connectivity index (χ4v) is 5.86. The minimum atomic E-state index is -0.231. The van der Waals surface area contributed by atoms with Gasteiger partial charge in [0.25, 0.3) is 11.5 Å². The van der Waals surface area contributed by atoms with Gasteiger partial charge in [-0.05, 0) is 49.4 Å². The Hall–Kier alpha value is -3.41. The molecule has 0 saturated carbocycles. The van der Waals surface area contributed by atoms with Crippen molar-refractivity contribution in [3.63, 3.8) is 0 Å². The first kappa shape index (κ1) is 24.0. The number of ether oxygens (including phenoxy) is 2. The van der Waals surface area contributed by atoms with E-state index in [2.05, 4.69) is 16.8 Å². The van der Waals surface area contributed by atoms with E-state index in [1.165, 1.54) is 11.8 Å². The van der Waals surface area contributed by atoms with Crippen molar-refractivity contribution >= 4 is 51.7 Å². The van der Waals surface area contributed by atoms with Gasteiger partial charge in [0.05, 0.1) is 17.0 Å². The number of fused-ring (bicyclic) bond motifs is 2. The number of rotatable bonds is 4. The van der Waals surface area contributed by atoms with Gasteiger partial charge in [0.2, 0.25) is 6.79 Å². The maximum Gasteiger partial charge on any atom is 0.267 e. The van der Waals surface area contributed by atoms with Gasteiger partial charge in [0.1, 0.15) is 15.8 Å². The monoisotopic (exact) mass is 535 g/mol. The quantitative estimate of drug-likeness (QED) is 0.370. The van der Waals surface area contributed by atoms with Gasteiger partial charge in [-0.1, -0.05) is 36.1 Å². The third kappa shape index (κ3) is 4.47. The number of benzene rings is 1. The number of pyridine rings is 1. The van der Waals surface area contributed by atoms with Crippen molar-refractivity contribution in [3.8, 4) is 11.5 Å². The number of hydrogen-bond acceptors (Lipinski definition) is 9. The number of thioether (sulfide) groups is 1. The number of carbonyl (C=O) groups excluding carboxylic acids is 1. The van der Waals surface area contributed by atoms with Crippen LogP contribution in [0.4, 0.5) is 5.82 Å². The topological polar surface area (TPSA) is 79.6 Å². The first-order valence-corrected chi connectivity index (χ1v) is 13.2. The molecule has 0 unspecified atom stereocenters. The second kappa shape index (κ2) is 9.47. The number of nitrogens with zero attached hydrogens (tertiary/aromatic N) is 5. The summed E-state index contributed by atoms with van der Waals surface area (Å²) in [4.78, 5) is 38.4. The number of anilines is 1. The molecule has 0 radical (unpaired) electrons. The molecule has 2 saturated heterocycles. The summed E-state index contributed by atoms with van der Waals surface area (Å²) in [7, 11) is 2.08. The van der Waals surface area contributed by atoms with Crippen molar-refractivity contribution in [2.75, 3.05) is 44.9 Å². The highest BCUT2D eigenvalue weighted by Crippen LogP contribution is 2.37. The normalized spacial score (nSPS) is 19.0. The Labute approximate surface area is 223 Å². The number of aryl methyl sites for hydroxylation is 1. The standard InChI is InChI=1S/C26H25N5O4S2/c1-16-3-6-22-27-23(29-9-7-28(2)8-10-29)18(24(32)30(22)13-16)12-21-25(33)31(26(36)37-21)14-17-4-5-19-20(11-17)35-15-34-19/h3-6,11-13H,7-10,14-15H2,1-2H3/b21-12-. The molecule has 2 fully saturated rings. The maximum absolute atomic E-state index is 13.7. The summed E-state index contributed by atoms with van der Waals surface area (Å²) < 4.78 is 12.8. The summed E-state index contributed by atoms with van der Waals surface area (Å²) in [6.07, 6.45) is 3.44. The molecule has 3 aromatic rings. The van der Waals surface area contributed by atoms with E-state index in [0.717, 1.165) is 37.3 Å². The minimum absolute atomic E-state index is 0.188. The number of piperazine rings is 1. The van der Waals surface area contributed by atoms with Crippen molar-refractivity contribution in [1.82, 2.24) is 19.2 Å². The molecule has 0 atom stereocenters. The zero-order valence-electron chi connectivity index (χ0n) is 20.5. The molecule has 3 aliphatic rings. The van der Waals surface area contributed by atoms with Crippen LogP contribution in [0.3, 0.4) is 0 Å². The first-order valence-electron chi connectivity index (χ1n) is 12.0. The van der Waals surface area contributed by atoms with Crippen LogP contribution in [0.25, 0.3) is 11.7 Å². The van der Waals surface area contributed by atoms with E-state index in [4.69, 9.17) is 26.7 Å². The second-order valence-electron chi connectivity index (χ2n) is 9.33. The molecule has 37 heavy (non-hydrogen) atoms. The summed E-state index contributed by atoms with van der Waals surface area (Å²) >= 11 is 6.77. The molecule has 190 valence electrons. The van der Waals surface area contributed by atoms with E-state index < -0.39 is 0 Å². The molecule has 6 rings (SSSR count). The molecule has 1 amide bonds. The summed E-state index contributed by atoms with van der Waals surface area (Å²) in [5, 5.41) is 0. The minimum Gasteiger partial charge on any atom is -0.454 e. The Kier molecular flexibility index (Phi) is 6.13. The smallest absolute Gasteiger partial charge is 0.267 e. The lowest BCUT2D eigenvalue weighted by atomic mass is 10.2. The van der Waals surface area contributed by atoms with Crippen LogP contribution < -0.4 is 19.9 Å². The second-order valence-corrected chi connectivity index (χ2v) is 11.0. The Bertz CT molecular complexity index is 1530. The summed E-state index contributed by atoms with van der Waals surface area (Å²) in [6.45, 7) is 5.65. The number of likely N-dealkylation sites (N-methyl/N-ethyl adjacent to an activating group) is 1.